The number of aromatic hydroxyl groups is 2. The lowest BCUT2D eigenvalue weighted by molar-refractivity contribution is 0.408. The van der Waals surface area contributed by atoms with Gasteiger partial charge in [0.1, 0.15) is 5.82 Å². The highest BCUT2D eigenvalue weighted by Gasteiger charge is 2.04. The van der Waals surface area contributed by atoms with E-state index in [2.05, 4.69) is 0 Å². The van der Waals surface area contributed by atoms with E-state index in [0.717, 1.165) is 0 Å². The van der Waals surface area contributed by atoms with Crippen molar-refractivity contribution in [2.45, 2.75) is 0 Å². The minimum atomic E-state index is -0.363. The Kier molecular flexibility index (Phi) is 1.59. The van der Waals surface area contributed by atoms with Gasteiger partial charge in [-0.3, -0.25) is 0 Å². The van der Waals surface area contributed by atoms with Crippen molar-refractivity contribution < 1.29 is 14.6 Å². The molecule has 0 bridgehead atoms. The standard InChI is InChI=1S/C10H7FO2/c11-7-2-3-8-6(5-7)1-4-9(12)10(8)13/h1-5,12-13H. The first-order chi connectivity index (χ1) is 6.18. The molecule has 0 aliphatic rings. The summed E-state index contributed by atoms with van der Waals surface area (Å²) >= 11 is 0. The van der Waals surface area contributed by atoms with Crippen LogP contribution in [0.4, 0.5) is 4.39 Å². The van der Waals surface area contributed by atoms with Crippen LogP contribution in [0.1, 0.15) is 0 Å². The zero-order valence-corrected chi connectivity index (χ0v) is 6.66. The summed E-state index contributed by atoms with van der Waals surface area (Å²) in [6.07, 6.45) is 0. The molecule has 2 aromatic carbocycles. The van der Waals surface area contributed by atoms with E-state index in [0.29, 0.717) is 10.8 Å². The third-order valence-corrected chi connectivity index (χ3v) is 1.93. The molecule has 2 nitrogen and oxygen atoms in total. The Balaban J connectivity index is 2.87. The molecule has 0 saturated carbocycles. The van der Waals surface area contributed by atoms with Crippen molar-refractivity contribution in [1.82, 2.24) is 0 Å². The van der Waals surface area contributed by atoms with Crippen LogP contribution in [-0.4, -0.2) is 10.2 Å². The SMILES string of the molecule is Oc1ccc2cc(F)ccc2c1O. The lowest BCUT2D eigenvalue weighted by Gasteiger charge is -2.02. The molecule has 0 radical (unpaired) electrons. The fourth-order valence-electron chi connectivity index (χ4n) is 1.27. The van der Waals surface area contributed by atoms with Gasteiger partial charge in [0.2, 0.25) is 0 Å². The van der Waals surface area contributed by atoms with Crippen molar-refractivity contribution in [2.75, 3.05) is 0 Å². The normalized spacial score (nSPS) is 10.5. The topological polar surface area (TPSA) is 40.5 Å². The molecule has 0 aliphatic heterocycles. The van der Waals surface area contributed by atoms with E-state index in [9.17, 15) is 9.50 Å². The smallest absolute Gasteiger partial charge is 0.165 e. The van der Waals surface area contributed by atoms with E-state index < -0.39 is 0 Å². The van der Waals surface area contributed by atoms with Gasteiger partial charge in [-0.15, -0.1) is 0 Å². The number of fused-ring (bicyclic) bond motifs is 1. The van der Waals surface area contributed by atoms with Gasteiger partial charge in [-0.1, -0.05) is 6.07 Å². The predicted octanol–water partition coefficient (Wildman–Crippen LogP) is 2.39. The summed E-state index contributed by atoms with van der Waals surface area (Å²) in [5, 5.41) is 19.5. The predicted molar refractivity (Wildman–Crippen MR) is 47.2 cm³/mol. The average Bonchev–Trinajstić information content (AvgIpc) is 2.12. The molecule has 0 saturated heterocycles. The van der Waals surface area contributed by atoms with Gasteiger partial charge in [-0.05, 0) is 29.7 Å². The summed E-state index contributed by atoms with van der Waals surface area (Å²) in [7, 11) is 0. The fourth-order valence-corrected chi connectivity index (χ4v) is 1.27. The molecule has 0 atom stereocenters. The van der Waals surface area contributed by atoms with Gasteiger partial charge in [-0.2, -0.15) is 0 Å². The minimum absolute atomic E-state index is 0.195. The van der Waals surface area contributed by atoms with Gasteiger partial charge in [0.15, 0.2) is 11.5 Å². The summed E-state index contributed by atoms with van der Waals surface area (Å²) < 4.78 is 12.7. The van der Waals surface area contributed by atoms with Crippen molar-refractivity contribution in [1.29, 1.82) is 0 Å². The molecule has 0 fully saturated rings. The number of rotatable bonds is 0. The molecule has 3 heteroatoms. The molecule has 13 heavy (non-hydrogen) atoms. The Morgan fingerprint density at radius 1 is 1.00 bits per heavy atom. The second kappa shape index (κ2) is 2.62. The minimum Gasteiger partial charge on any atom is -0.504 e. The molecule has 0 spiro atoms. The maximum atomic E-state index is 12.7. The summed E-state index contributed by atoms with van der Waals surface area (Å²) in [6, 6.07) is 6.85. The first-order valence-electron chi connectivity index (χ1n) is 3.78. The molecule has 2 aromatic rings. The van der Waals surface area contributed by atoms with Gasteiger partial charge < -0.3 is 10.2 Å². The van der Waals surface area contributed by atoms with E-state index in [-0.39, 0.29) is 17.3 Å². The molecule has 0 amide bonds. The lowest BCUT2D eigenvalue weighted by atomic mass is 10.1. The first-order valence-corrected chi connectivity index (χ1v) is 3.78. The van der Waals surface area contributed by atoms with Gasteiger partial charge in [-0.25, -0.2) is 4.39 Å². The molecular weight excluding hydrogens is 171 g/mol. The number of hydrogen-bond acceptors (Lipinski definition) is 2. The van der Waals surface area contributed by atoms with Crippen LogP contribution in [0.3, 0.4) is 0 Å². The highest BCUT2D eigenvalue weighted by molar-refractivity contribution is 5.90. The molecule has 2 N–H and O–H groups in total. The molecule has 0 heterocycles. The summed E-state index contributed by atoms with van der Waals surface area (Å²) in [4.78, 5) is 0. The third-order valence-electron chi connectivity index (χ3n) is 1.93. The monoisotopic (exact) mass is 178 g/mol. The first kappa shape index (κ1) is 7.86. The van der Waals surface area contributed by atoms with Crippen molar-refractivity contribution in [3.8, 4) is 11.5 Å². The molecule has 0 aromatic heterocycles. The quantitative estimate of drug-likeness (QED) is 0.608. The highest BCUT2D eigenvalue weighted by Crippen LogP contribution is 2.33. The number of phenolic OH excluding ortho intramolecular Hbond substituents is 2. The van der Waals surface area contributed by atoms with Gasteiger partial charge >= 0.3 is 0 Å². The fraction of sp³-hybridized carbons (Fsp3) is 0. The van der Waals surface area contributed by atoms with E-state index in [4.69, 9.17) is 5.11 Å². The van der Waals surface area contributed by atoms with Crippen LogP contribution < -0.4 is 0 Å². The van der Waals surface area contributed by atoms with Gasteiger partial charge in [0.25, 0.3) is 0 Å². The maximum absolute atomic E-state index is 12.7. The van der Waals surface area contributed by atoms with Crippen LogP contribution >= 0.6 is 0 Å². The number of hydrogen-bond donors (Lipinski definition) is 2. The van der Waals surface area contributed by atoms with E-state index in [1.54, 1.807) is 6.07 Å². The Morgan fingerprint density at radius 2 is 1.77 bits per heavy atom. The largest absolute Gasteiger partial charge is 0.504 e. The van der Waals surface area contributed by atoms with Crippen LogP contribution in [0.2, 0.25) is 0 Å². The van der Waals surface area contributed by atoms with Crippen molar-refractivity contribution in [3.63, 3.8) is 0 Å². The Morgan fingerprint density at radius 3 is 2.54 bits per heavy atom. The highest BCUT2D eigenvalue weighted by atomic mass is 19.1. The molecule has 66 valence electrons. The lowest BCUT2D eigenvalue weighted by Crippen LogP contribution is -1.77. The molecule has 0 unspecified atom stereocenters. The van der Waals surface area contributed by atoms with Crippen molar-refractivity contribution in [3.05, 3.63) is 36.1 Å². The van der Waals surface area contributed by atoms with E-state index in [1.165, 1.54) is 24.3 Å². The zero-order valence-electron chi connectivity index (χ0n) is 6.66. The molecule has 2 rings (SSSR count). The summed E-state index contributed by atoms with van der Waals surface area (Å²) in [6.45, 7) is 0. The Hall–Kier alpha value is -1.77. The Bertz CT molecular complexity index is 466. The van der Waals surface area contributed by atoms with Gasteiger partial charge in [0.05, 0.1) is 0 Å². The van der Waals surface area contributed by atoms with Crippen LogP contribution in [0.25, 0.3) is 10.8 Å². The maximum Gasteiger partial charge on any atom is 0.165 e. The van der Waals surface area contributed by atoms with Crippen LogP contribution in [0, 0.1) is 5.82 Å². The number of benzene rings is 2. The van der Waals surface area contributed by atoms with E-state index >= 15 is 0 Å². The number of halogens is 1. The van der Waals surface area contributed by atoms with Crippen molar-refractivity contribution in [2.24, 2.45) is 0 Å². The molecular formula is C10H7FO2. The van der Waals surface area contributed by atoms with Crippen molar-refractivity contribution >= 4 is 10.8 Å². The second-order valence-corrected chi connectivity index (χ2v) is 2.80. The molecule has 0 aliphatic carbocycles. The average molecular weight is 178 g/mol. The van der Waals surface area contributed by atoms with Crippen LogP contribution in [-0.2, 0) is 0 Å². The van der Waals surface area contributed by atoms with Crippen LogP contribution in [0.5, 0.6) is 11.5 Å². The van der Waals surface area contributed by atoms with Gasteiger partial charge in [0, 0.05) is 5.39 Å². The number of phenols is 2. The summed E-state index contributed by atoms with van der Waals surface area (Å²) in [5.74, 6) is -0.769. The van der Waals surface area contributed by atoms with Crippen LogP contribution in [0.15, 0.2) is 30.3 Å². The van der Waals surface area contributed by atoms with E-state index in [1.807, 2.05) is 0 Å². The third kappa shape index (κ3) is 1.18. The Labute approximate surface area is 73.9 Å². The zero-order chi connectivity index (χ0) is 9.42. The second-order valence-electron chi connectivity index (χ2n) is 2.80. The summed E-state index contributed by atoms with van der Waals surface area (Å²) in [5.41, 5.74) is 0.